The third-order valence-electron chi connectivity index (χ3n) is 3.56. The van der Waals surface area contributed by atoms with Crippen molar-refractivity contribution in [2.24, 2.45) is 0 Å². The zero-order valence-electron chi connectivity index (χ0n) is 13.6. The van der Waals surface area contributed by atoms with Crippen LogP contribution in [0.15, 0.2) is 48.5 Å². The van der Waals surface area contributed by atoms with Crippen LogP contribution in [-0.4, -0.2) is 32.3 Å². The minimum absolute atomic E-state index is 0.190. The van der Waals surface area contributed by atoms with Crippen LogP contribution in [0.5, 0.6) is 17.2 Å². The summed E-state index contributed by atoms with van der Waals surface area (Å²) in [4.78, 5) is 23.9. The van der Waals surface area contributed by atoms with Gasteiger partial charge in [-0.25, -0.2) is 4.79 Å². The van der Waals surface area contributed by atoms with E-state index in [4.69, 9.17) is 18.9 Å². The number of carbonyl (C=O) groups is 2. The number of hydrogen-bond acceptors (Lipinski definition) is 6. The number of para-hydroxylation sites is 1. The highest BCUT2D eigenvalue weighted by atomic mass is 16.7. The lowest BCUT2D eigenvalue weighted by molar-refractivity contribution is -0.136. The number of esters is 1. The summed E-state index contributed by atoms with van der Waals surface area (Å²) in [5, 5.41) is 0. The van der Waals surface area contributed by atoms with Crippen LogP contribution in [0.3, 0.4) is 0 Å². The van der Waals surface area contributed by atoms with Crippen molar-refractivity contribution in [3.8, 4) is 17.2 Å². The van der Waals surface area contributed by atoms with E-state index in [9.17, 15) is 9.59 Å². The Bertz CT molecular complexity index is 824. The summed E-state index contributed by atoms with van der Waals surface area (Å²) in [5.74, 6) is 0.798. The zero-order valence-corrected chi connectivity index (χ0v) is 13.6. The van der Waals surface area contributed by atoms with Crippen molar-refractivity contribution in [3.05, 3.63) is 59.7 Å². The molecule has 0 radical (unpaired) electrons. The first-order valence-electron chi connectivity index (χ1n) is 7.58. The molecule has 0 spiro atoms. The Morgan fingerprint density at radius 2 is 1.92 bits per heavy atom. The molecule has 0 aliphatic carbocycles. The Kier molecular flexibility index (Phi) is 4.99. The molecule has 0 unspecified atom stereocenters. The molecule has 3 rings (SSSR count). The van der Waals surface area contributed by atoms with Crippen molar-refractivity contribution < 1.29 is 28.5 Å². The van der Waals surface area contributed by atoms with Gasteiger partial charge >= 0.3 is 5.97 Å². The number of rotatable bonds is 6. The summed E-state index contributed by atoms with van der Waals surface area (Å²) in [5.41, 5.74) is 1.13. The van der Waals surface area contributed by atoms with Gasteiger partial charge in [0, 0.05) is 6.08 Å². The average molecular weight is 340 g/mol. The number of methoxy groups -OCH3 is 1. The maximum atomic E-state index is 12.1. The molecule has 1 aliphatic heterocycles. The fourth-order valence-electron chi connectivity index (χ4n) is 2.32. The van der Waals surface area contributed by atoms with Gasteiger partial charge in [0.05, 0.1) is 12.7 Å². The van der Waals surface area contributed by atoms with Crippen LogP contribution in [0.1, 0.15) is 15.9 Å². The molecule has 0 aromatic heterocycles. The summed E-state index contributed by atoms with van der Waals surface area (Å²) >= 11 is 0. The van der Waals surface area contributed by atoms with Crippen molar-refractivity contribution in [2.45, 2.75) is 0 Å². The summed E-state index contributed by atoms with van der Waals surface area (Å²) in [6.07, 6.45) is 2.84. The first-order valence-corrected chi connectivity index (χ1v) is 7.58. The Morgan fingerprint density at radius 3 is 2.76 bits per heavy atom. The van der Waals surface area contributed by atoms with Crippen LogP contribution >= 0.6 is 0 Å². The predicted octanol–water partition coefficient (Wildman–Crippen LogP) is 2.86. The predicted molar refractivity (Wildman–Crippen MR) is 89.9 cm³/mol. The maximum Gasteiger partial charge on any atom is 0.331 e. The molecule has 0 N–H and O–H groups in total. The van der Waals surface area contributed by atoms with E-state index in [2.05, 4.69) is 0 Å². The van der Waals surface area contributed by atoms with Crippen LogP contribution in [0.25, 0.3) is 6.08 Å². The molecule has 6 heteroatoms. The first kappa shape index (κ1) is 16.6. The van der Waals surface area contributed by atoms with Gasteiger partial charge < -0.3 is 18.9 Å². The van der Waals surface area contributed by atoms with Gasteiger partial charge in [0.25, 0.3) is 0 Å². The molecule has 2 aromatic carbocycles. The van der Waals surface area contributed by atoms with Crippen LogP contribution < -0.4 is 14.2 Å². The van der Waals surface area contributed by atoms with E-state index in [1.807, 2.05) is 0 Å². The monoisotopic (exact) mass is 340 g/mol. The van der Waals surface area contributed by atoms with Crippen molar-refractivity contribution in [2.75, 3.05) is 20.5 Å². The second-order valence-corrected chi connectivity index (χ2v) is 5.18. The van der Waals surface area contributed by atoms with Crippen LogP contribution in [-0.2, 0) is 9.53 Å². The number of carbonyl (C=O) groups excluding carboxylic acids is 2. The molecular weight excluding hydrogens is 324 g/mol. The number of benzene rings is 2. The standard InChI is InChI=1S/C19H16O6/c1-22-16-5-3-2-4-14(16)15(20)11-23-19(21)9-7-13-6-8-17-18(10-13)25-12-24-17/h2-10H,11-12H2,1H3/b9-7+. The van der Waals surface area contributed by atoms with Gasteiger partial charge in [0.2, 0.25) is 12.6 Å². The Balaban J connectivity index is 1.56. The van der Waals surface area contributed by atoms with Crippen LogP contribution in [0, 0.1) is 0 Å². The molecular formula is C19H16O6. The lowest BCUT2D eigenvalue weighted by Gasteiger charge is -2.07. The van der Waals surface area contributed by atoms with E-state index in [0.29, 0.717) is 22.8 Å². The molecule has 0 fully saturated rings. The van der Waals surface area contributed by atoms with Crippen molar-refractivity contribution in [1.29, 1.82) is 0 Å². The largest absolute Gasteiger partial charge is 0.496 e. The lowest BCUT2D eigenvalue weighted by Crippen LogP contribution is -2.13. The number of fused-ring (bicyclic) bond motifs is 1. The van der Waals surface area contributed by atoms with Gasteiger partial charge in [0.1, 0.15) is 5.75 Å². The molecule has 0 amide bonds. The molecule has 6 nitrogen and oxygen atoms in total. The average Bonchev–Trinajstić information content (AvgIpc) is 3.12. The summed E-state index contributed by atoms with van der Waals surface area (Å²) in [6.45, 7) is -0.166. The van der Waals surface area contributed by atoms with Gasteiger partial charge in [-0.15, -0.1) is 0 Å². The highest BCUT2D eigenvalue weighted by molar-refractivity contribution is 6.01. The SMILES string of the molecule is COc1ccccc1C(=O)COC(=O)/C=C/c1ccc2c(c1)OCO2. The van der Waals surface area contributed by atoms with E-state index in [1.165, 1.54) is 13.2 Å². The molecule has 1 heterocycles. The number of hydrogen-bond donors (Lipinski definition) is 0. The second-order valence-electron chi connectivity index (χ2n) is 5.18. The Labute approximate surface area is 144 Å². The van der Waals surface area contributed by atoms with E-state index in [1.54, 1.807) is 48.5 Å². The summed E-state index contributed by atoms with van der Waals surface area (Å²) < 4.78 is 20.6. The van der Waals surface area contributed by atoms with Crippen LogP contribution in [0.2, 0.25) is 0 Å². The Hall–Kier alpha value is -3.28. The molecule has 2 aromatic rings. The molecule has 0 saturated carbocycles. The van der Waals surface area contributed by atoms with Gasteiger partial charge in [-0.05, 0) is 35.9 Å². The van der Waals surface area contributed by atoms with Gasteiger partial charge in [-0.3, -0.25) is 4.79 Å². The minimum atomic E-state index is -0.610. The van der Waals surface area contributed by atoms with Crippen molar-refractivity contribution >= 4 is 17.8 Å². The number of ether oxygens (including phenoxy) is 4. The van der Waals surface area contributed by atoms with Gasteiger partial charge in [-0.2, -0.15) is 0 Å². The fraction of sp³-hybridized carbons (Fsp3) is 0.158. The molecule has 0 saturated heterocycles. The molecule has 1 aliphatic rings. The lowest BCUT2D eigenvalue weighted by atomic mass is 10.1. The maximum absolute atomic E-state index is 12.1. The van der Waals surface area contributed by atoms with Crippen LogP contribution in [0.4, 0.5) is 0 Å². The zero-order chi connectivity index (χ0) is 17.6. The smallest absolute Gasteiger partial charge is 0.331 e. The number of ketones is 1. The van der Waals surface area contributed by atoms with E-state index >= 15 is 0 Å². The Morgan fingerprint density at radius 1 is 1.12 bits per heavy atom. The quantitative estimate of drug-likeness (QED) is 0.457. The summed E-state index contributed by atoms with van der Waals surface area (Å²) in [6, 6.07) is 12.1. The molecule has 128 valence electrons. The topological polar surface area (TPSA) is 71.1 Å². The number of Topliss-reactive ketones (excluding diaryl/α,β-unsaturated/α-hetero) is 1. The highest BCUT2D eigenvalue weighted by Gasteiger charge is 2.14. The minimum Gasteiger partial charge on any atom is -0.496 e. The fourth-order valence-corrected chi connectivity index (χ4v) is 2.32. The van der Waals surface area contributed by atoms with Crippen molar-refractivity contribution in [3.63, 3.8) is 0 Å². The molecule has 0 atom stereocenters. The van der Waals surface area contributed by atoms with Gasteiger partial charge in [0.15, 0.2) is 18.1 Å². The second kappa shape index (κ2) is 7.53. The first-order chi connectivity index (χ1) is 12.2. The third-order valence-corrected chi connectivity index (χ3v) is 3.56. The molecule has 25 heavy (non-hydrogen) atoms. The third kappa shape index (κ3) is 3.98. The van der Waals surface area contributed by atoms with E-state index in [-0.39, 0.29) is 19.2 Å². The normalized spacial score (nSPS) is 12.2. The van der Waals surface area contributed by atoms with Crippen molar-refractivity contribution in [1.82, 2.24) is 0 Å². The van der Waals surface area contributed by atoms with E-state index in [0.717, 1.165) is 5.56 Å². The molecule has 0 bridgehead atoms. The van der Waals surface area contributed by atoms with E-state index < -0.39 is 5.97 Å². The van der Waals surface area contributed by atoms with Gasteiger partial charge in [-0.1, -0.05) is 18.2 Å². The highest BCUT2D eigenvalue weighted by Crippen LogP contribution is 2.32. The summed E-state index contributed by atoms with van der Waals surface area (Å²) in [7, 11) is 1.48.